The summed E-state index contributed by atoms with van der Waals surface area (Å²) in [6.45, 7) is 4.20. The number of H-pyrrole nitrogens is 1. The fourth-order valence-electron chi connectivity index (χ4n) is 4.35. The number of carbonyl (C=O) groups is 1. The zero-order chi connectivity index (χ0) is 21.1. The number of carbonyl (C=O) groups excluding carboxylic acids is 1. The van der Waals surface area contributed by atoms with Gasteiger partial charge in [0.05, 0.1) is 6.20 Å². The summed E-state index contributed by atoms with van der Waals surface area (Å²) in [6, 6.07) is 3.81. The van der Waals surface area contributed by atoms with E-state index in [0.29, 0.717) is 32.1 Å². The summed E-state index contributed by atoms with van der Waals surface area (Å²) in [5.41, 5.74) is 0.638. The third-order valence-corrected chi connectivity index (χ3v) is 6.01. The van der Waals surface area contributed by atoms with Crippen molar-refractivity contribution in [3.8, 4) is 0 Å². The van der Waals surface area contributed by atoms with Crippen LogP contribution in [0.5, 0.6) is 0 Å². The predicted molar refractivity (Wildman–Crippen MR) is 112 cm³/mol. The van der Waals surface area contributed by atoms with Crippen LogP contribution in [0.3, 0.4) is 0 Å². The van der Waals surface area contributed by atoms with Crippen molar-refractivity contribution in [3.05, 3.63) is 46.3 Å². The van der Waals surface area contributed by atoms with Gasteiger partial charge in [0.15, 0.2) is 11.6 Å². The fourth-order valence-corrected chi connectivity index (χ4v) is 4.35. The molecule has 1 unspecified atom stereocenters. The van der Waals surface area contributed by atoms with Gasteiger partial charge in [-0.05, 0) is 31.7 Å². The van der Waals surface area contributed by atoms with Crippen molar-refractivity contribution in [1.82, 2.24) is 19.9 Å². The number of rotatable bonds is 4. The van der Waals surface area contributed by atoms with Gasteiger partial charge in [-0.1, -0.05) is 6.07 Å². The number of anilines is 2. The van der Waals surface area contributed by atoms with E-state index in [4.69, 9.17) is 0 Å². The molecule has 2 N–H and O–H groups in total. The van der Waals surface area contributed by atoms with Crippen molar-refractivity contribution in [2.45, 2.75) is 44.6 Å². The second kappa shape index (κ2) is 8.81. The Balaban J connectivity index is 1.46. The van der Waals surface area contributed by atoms with E-state index >= 15 is 0 Å². The molecule has 1 atom stereocenters. The second-order valence-electron chi connectivity index (χ2n) is 8.03. The standard InChI is InChI=1S/C21H27FN6O2/c1-14(29)27-10-6-16(7-11-27)25-21-24-12-18(22)19(26-21)28-9-3-4-15(13-28)17-5-2-8-23-20(17)30/h2,5,8,12,15-16H,3-4,6-7,9-11,13H2,1H3,(H,23,30)(H,24,25,26). The smallest absolute Gasteiger partial charge is 0.251 e. The number of piperidine rings is 2. The second-order valence-corrected chi connectivity index (χ2v) is 8.03. The summed E-state index contributed by atoms with van der Waals surface area (Å²) < 4.78 is 14.6. The average molecular weight is 414 g/mol. The first-order valence-corrected chi connectivity index (χ1v) is 10.5. The van der Waals surface area contributed by atoms with Gasteiger partial charge >= 0.3 is 0 Å². The molecule has 160 valence electrons. The highest BCUT2D eigenvalue weighted by Gasteiger charge is 2.27. The van der Waals surface area contributed by atoms with E-state index in [2.05, 4.69) is 20.3 Å². The molecule has 2 aliphatic rings. The Morgan fingerprint density at radius 2 is 2.07 bits per heavy atom. The number of likely N-dealkylation sites (tertiary alicyclic amines) is 1. The molecule has 2 fully saturated rings. The van der Waals surface area contributed by atoms with E-state index in [-0.39, 0.29) is 29.2 Å². The van der Waals surface area contributed by atoms with Crippen LogP contribution < -0.4 is 15.8 Å². The van der Waals surface area contributed by atoms with Crippen LogP contribution in [0.1, 0.15) is 44.1 Å². The Hall–Kier alpha value is -2.97. The minimum atomic E-state index is -0.463. The number of amides is 1. The van der Waals surface area contributed by atoms with Gasteiger partial charge in [0.1, 0.15) is 0 Å². The van der Waals surface area contributed by atoms with Crippen molar-refractivity contribution in [2.75, 3.05) is 36.4 Å². The number of hydrogen-bond acceptors (Lipinski definition) is 6. The third-order valence-electron chi connectivity index (χ3n) is 6.01. The summed E-state index contributed by atoms with van der Waals surface area (Å²) in [5.74, 6) is 0.323. The zero-order valence-corrected chi connectivity index (χ0v) is 17.1. The number of aromatic amines is 1. The number of aromatic nitrogens is 3. The topological polar surface area (TPSA) is 94.2 Å². The maximum absolute atomic E-state index is 14.6. The molecule has 2 aromatic heterocycles. The number of halogens is 1. The highest BCUT2D eigenvalue weighted by molar-refractivity contribution is 5.73. The highest BCUT2D eigenvalue weighted by Crippen LogP contribution is 2.29. The molecule has 4 heterocycles. The lowest BCUT2D eigenvalue weighted by molar-refractivity contribution is -0.129. The van der Waals surface area contributed by atoms with Gasteiger partial charge in [-0.3, -0.25) is 9.59 Å². The summed E-state index contributed by atoms with van der Waals surface area (Å²) >= 11 is 0. The summed E-state index contributed by atoms with van der Waals surface area (Å²) in [5, 5.41) is 3.29. The molecule has 0 aromatic carbocycles. The van der Waals surface area contributed by atoms with E-state index in [1.807, 2.05) is 21.9 Å². The van der Waals surface area contributed by atoms with Crippen LogP contribution >= 0.6 is 0 Å². The maximum Gasteiger partial charge on any atom is 0.251 e. The van der Waals surface area contributed by atoms with E-state index in [0.717, 1.165) is 31.2 Å². The Kier molecular flexibility index (Phi) is 5.96. The van der Waals surface area contributed by atoms with E-state index in [1.165, 1.54) is 6.20 Å². The molecule has 9 heteroatoms. The molecule has 2 aromatic rings. The number of pyridine rings is 1. The van der Waals surface area contributed by atoms with Gasteiger partial charge in [0.25, 0.3) is 5.56 Å². The SMILES string of the molecule is CC(=O)N1CCC(Nc2ncc(F)c(N3CCCC(c4ccc[nH]c4=O)C3)n2)CC1. The first kappa shape index (κ1) is 20.3. The molecular weight excluding hydrogens is 387 g/mol. The lowest BCUT2D eigenvalue weighted by Gasteiger charge is -2.34. The fraction of sp³-hybridized carbons (Fsp3) is 0.524. The molecular formula is C21H27FN6O2. The van der Waals surface area contributed by atoms with Gasteiger partial charge in [-0.2, -0.15) is 4.98 Å². The maximum atomic E-state index is 14.6. The largest absolute Gasteiger partial charge is 0.353 e. The van der Waals surface area contributed by atoms with Crippen LogP contribution in [0, 0.1) is 5.82 Å². The van der Waals surface area contributed by atoms with E-state index < -0.39 is 5.82 Å². The molecule has 0 aliphatic carbocycles. The summed E-state index contributed by atoms with van der Waals surface area (Å²) in [7, 11) is 0. The Morgan fingerprint density at radius 3 is 2.80 bits per heavy atom. The van der Waals surface area contributed by atoms with Crippen LogP contribution in [-0.4, -0.2) is 58.0 Å². The quantitative estimate of drug-likeness (QED) is 0.796. The first-order chi connectivity index (χ1) is 14.5. The van der Waals surface area contributed by atoms with Gasteiger partial charge in [0.2, 0.25) is 11.9 Å². The lowest BCUT2D eigenvalue weighted by Crippen LogP contribution is -2.41. The molecule has 0 radical (unpaired) electrons. The number of hydrogen-bond donors (Lipinski definition) is 2. The minimum Gasteiger partial charge on any atom is -0.353 e. The Bertz CT molecular complexity index is 957. The number of nitrogens with one attached hydrogen (secondary N) is 2. The molecule has 0 spiro atoms. The molecule has 0 saturated carbocycles. The predicted octanol–water partition coefficient (Wildman–Crippen LogP) is 2.11. The van der Waals surface area contributed by atoms with Crippen molar-refractivity contribution in [2.24, 2.45) is 0 Å². The van der Waals surface area contributed by atoms with Crippen LogP contribution in [0.15, 0.2) is 29.3 Å². The molecule has 30 heavy (non-hydrogen) atoms. The summed E-state index contributed by atoms with van der Waals surface area (Å²) in [4.78, 5) is 38.7. The zero-order valence-electron chi connectivity index (χ0n) is 17.1. The molecule has 2 aliphatic heterocycles. The Labute approximate surface area is 174 Å². The van der Waals surface area contributed by atoms with Crippen molar-refractivity contribution < 1.29 is 9.18 Å². The molecule has 1 amide bonds. The Morgan fingerprint density at radius 1 is 1.27 bits per heavy atom. The van der Waals surface area contributed by atoms with Crippen molar-refractivity contribution in [1.29, 1.82) is 0 Å². The minimum absolute atomic E-state index is 0.0328. The molecule has 0 bridgehead atoms. The normalized spacial score (nSPS) is 20.3. The van der Waals surface area contributed by atoms with Crippen LogP contribution in [0.4, 0.5) is 16.2 Å². The summed E-state index contributed by atoms with van der Waals surface area (Å²) in [6.07, 6.45) is 6.17. The van der Waals surface area contributed by atoms with Crippen LogP contribution in [-0.2, 0) is 4.79 Å². The highest BCUT2D eigenvalue weighted by atomic mass is 19.1. The van der Waals surface area contributed by atoms with E-state index in [9.17, 15) is 14.0 Å². The first-order valence-electron chi connectivity index (χ1n) is 10.5. The van der Waals surface area contributed by atoms with Gasteiger partial charge in [0, 0.05) is 56.8 Å². The molecule has 4 rings (SSSR count). The molecule has 2 saturated heterocycles. The van der Waals surface area contributed by atoms with E-state index in [1.54, 1.807) is 13.1 Å². The molecule has 8 nitrogen and oxygen atoms in total. The van der Waals surface area contributed by atoms with Crippen LogP contribution in [0.25, 0.3) is 0 Å². The van der Waals surface area contributed by atoms with Gasteiger partial charge in [-0.15, -0.1) is 0 Å². The van der Waals surface area contributed by atoms with Crippen molar-refractivity contribution >= 4 is 17.7 Å². The van der Waals surface area contributed by atoms with Crippen LogP contribution in [0.2, 0.25) is 0 Å². The average Bonchev–Trinajstić information content (AvgIpc) is 2.76. The third kappa shape index (κ3) is 4.44. The monoisotopic (exact) mass is 414 g/mol. The van der Waals surface area contributed by atoms with Crippen molar-refractivity contribution in [3.63, 3.8) is 0 Å². The lowest BCUT2D eigenvalue weighted by atomic mass is 9.91. The van der Waals surface area contributed by atoms with Gasteiger partial charge < -0.3 is 20.1 Å². The van der Waals surface area contributed by atoms with Gasteiger partial charge in [-0.25, -0.2) is 9.37 Å². The number of nitrogens with zero attached hydrogens (tertiary/aromatic N) is 4.